The van der Waals surface area contributed by atoms with Gasteiger partial charge >= 0.3 is 0 Å². The summed E-state index contributed by atoms with van der Waals surface area (Å²) < 4.78 is 0. The number of aryl methyl sites for hydroxylation is 1. The van der Waals surface area contributed by atoms with Gasteiger partial charge in [-0.05, 0) is 32.6 Å². The molecule has 1 aromatic heterocycles. The van der Waals surface area contributed by atoms with Crippen LogP contribution < -0.4 is 10.5 Å². The Kier molecular flexibility index (Phi) is 3.27. The van der Waals surface area contributed by atoms with Gasteiger partial charge in [0.1, 0.15) is 11.6 Å². The molecule has 0 unspecified atom stereocenters. The number of anilines is 1. The second-order valence-corrected chi connectivity index (χ2v) is 4.52. The second kappa shape index (κ2) is 4.68. The molecule has 0 atom stereocenters. The summed E-state index contributed by atoms with van der Waals surface area (Å²) in [5, 5.41) is 0. The third-order valence-corrected chi connectivity index (χ3v) is 3.26. The monoisotopic (exact) mass is 221 g/mol. The van der Waals surface area contributed by atoms with Gasteiger partial charge in [0, 0.05) is 19.2 Å². The van der Waals surface area contributed by atoms with E-state index in [0.29, 0.717) is 5.82 Å². The molecule has 0 amide bonds. The molecule has 1 aliphatic carbocycles. The van der Waals surface area contributed by atoms with E-state index in [1.54, 1.807) is 6.07 Å². The Bertz CT molecular complexity index is 409. The van der Waals surface area contributed by atoms with E-state index in [4.69, 9.17) is 0 Å². The number of rotatable bonds is 4. The third kappa shape index (κ3) is 2.43. The average Bonchev–Trinajstić information content (AvgIpc) is 2.14. The van der Waals surface area contributed by atoms with Gasteiger partial charge in [0.15, 0.2) is 0 Å². The van der Waals surface area contributed by atoms with E-state index in [0.717, 1.165) is 24.8 Å². The van der Waals surface area contributed by atoms with Crippen LogP contribution in [0.15, 0.2) is 10.9 Å². The first-order chi connectivity index (χ1) is 7.69. The highest BCUT2D eigenvalue weighted by Crippen LogP contribution is 2.28. The van der Waals surface area contributed by atoms with Crippen molar-refractivity contribution in [3.05, 3.63) is 22.2 Å². The van der Waals surface area contributed by atoms with Crippen molar-refractivity contribution in [2.24, 2.45) is 5.92 Å². The molecule has 0 bridgehead atoms. The van der Waals surface area contributed by atoms with Crippen LogP contribution in [0.4, 0.5) is 5.82 Å². The molecular formula is C12H19N3O. The molecule has 1 aliphatic rings. The molecule has 1 saturated carbocycles. The molecule has 0 saturated heterocycles. The van der Waals surface area contributed by atoms with Crippen molar-refractivity contribution in [2.45, 2.75) is 33.1 Å². The van der Waals surface area contributed by atoms with Crippen LogP contribution in [0.5, 0.6) is 0 Å². The van der Waals surface area contributed by atoms with Gasteiger partial charge in [-0.25, -0.2) is 4.98 Å². The predicted octanol–water partition coefficient (Wildman–Crippen LogP) is 1.70. The fourth-order valence-corrected chi connectivity index (χ4v) is 2.10. The number of nitrogens with one attached hydrogen (secondary N) is 1. The Morgan fingerprint density at radius 3 is 2.81 bits per heavy atom. The second-order valence-electron chi connectivity index (χ2n) is 4.52. The Hall–Kier alpha value is -1.32. The maximum Gasteiger partial charge on any atom is 0.252 e. The molecule has 1 N–H and O–H groups in total. The highest BCUT2D eigenvalue weighted by molar-refractivity contribution is 5.37. The van der Waals surface area contributed by atoms with Gasteiger partial charge in [0.05, 0.1) is 0 Å². The van der Waals surface area contributed by atoms with Gasteiger partial charge in [-0.3, -0.25) is 4.79 Å². The van der Waals surface area contributed by atoms with Crippen molar-refractivity contribution in [2.75, 3.05) is 18.0 Å². The summed E-state index contributed by atoms with van der Waals surface area (Å²) >= 11 is 0. The van der Waals surface area contributed by atoms with Crippen molar-refractivity contribution < 1.29 is 0 Å². The summed E-state index contributed by atoms with van der Waals surface area (Å²) in [7, 11) is 0. The number of hydrogen-bond donors (Lipinski definition) is 1. The largest absolute Gasteiger partial charge is 0.356 e. The van der Waals surface area contributed by atoms with Gasteiger partial charge in [-0.1, -0.05) is 6.42 Å². The lowest BCUT2D eigenvalue weighted by atomic mass is 9.85. The smallest absolute Gasteiger partial charge is 0.252 e. The summed E-state index contributed by atoms with van der Waals surface area (Å²) in [6.07, 6.45) is 3.99. The van der Waals surface area contributed by atoms with Crippen LogP contribution in [-0.2, 0) is 0 Å². The number of nitrogens with zero attached hydrogens (tertiary/aromatic N) is 2. The van der Waals surface area contributed by atoms with Crippen molar-refractivity contribution in [1.29, 1.82) is 0 Å². The minimum atomic E-state index is -0.0606. The minimum absolute atomic E-state index is 0.0606. The van der Waals surface area contributed by atoms with Gasteiger partial charge in [0.25, 0.3) is 5.56 Å². The van der Waals surface area contributed by atoms with E-state index in [1.807, 2.05) is 6.92 Å². The lowest BCUT2D eigenvalue weighted by Gasteiger charge is -2.32. The van der Waals surface area contributed by atoms with Crippen molar-refractivity contribution in [3.8, 4) is 0 Å². The quantitative estimate of drug-likeness (QED) is 0.842. The summed E-state index contributed by atoms with van der Waals surface area (Å²) in [5.74, 6) is 2.30. The van der Waals surface area contributed by atoms with E-state index < -0.39 is 0 Å². The Balaban J connectivity index is 2.14. The molecule has 16 heavy (non-hydrogen) atoms. The molecular weight excluding hydrogens is 202 g/mol. The zero-order valence-corrected chi connectivity index (χ0v) is 9.99. The van der Waals surface area contributed by atoms with Crippen LogP contribution in [-0.4, -0.2) is 23.1 Å². The number of H-pyrrole nitrogens is 1. The zero-order valence-electron chi connectivity index (χ0n) is 9.99. The van der Waals surface area contributed by atoms with Crippen LogP contribution in [0, 0.1) is 12.8 Å². The topological polar surface area (TPSA) is 49.0 Å². The van der Waals surface area contributed by atoms with Crippen LogP contribution in [0.2, 0.25) is 0 Å². The molecule has 1 fully saturated rings. The lowest BCUT2D eigenvalue weighted by Crippen LogP contribution is -2.34. The molecule has 0 aromatic carbocycles. The standard InChI is InChI=1S/C12H19N3O/c1-3-15(8-10-5-4-6-10)11-7-12(16)14-9(2)13-11/h7,10H,3-6,8H2,1-2H3,(H,13,14,16). The van der Waals surface area contributed by atoms with E-state index in [-0.39, 0.29) is 5.56 Å². The van der Waals surface area contributed by atoms with Gasteiger partial charge in [-0.15, -0.1) is 0 Å². The Morgan fingerprint density at radius 1 is 1.56 bits per heavy atom. The fraction of sp³-hybridized carbons (Fsp3) is 0.667. The van der Waals surface area contributed by atoms with Gasteiger partial charge in [0.2, 0.25) is 0 Å². The summed E-state index contributed by atoms with van der Waals surface area (Å²) in [5.41, 5.74) is -0.0606. The van der Waals surface area contributed by atoms with Crippen molar-refractivity contribution in [3.63, 3.8) is 0 Å². The third-order valence-electron chi connectivity index (χ3n) is 3.26. The number of aromatic nitrogens is 2. The zero-order chi connectivity index (χ0) is 11.5. The molecule has 0 aliphatic heterocycles. The average molecular weight is 221 g/mol. The van der Waals surface area contributed by atoms with Crippen molar-refractivity contribution >= 4 is 5.82 Å². The summed E-state index contributed by atoms with van der Waals surface area (Å²) in [4.78, 5) is 20.6. The van der Waals surface area contributed by atoms with Crippen molar-refractivity contribution in [1.82, 2.24) is 9.97 Å². The van der Waals surface area contributed by atoms with E-state index in [2.05, 4.69) is 21.8 Å². The first-order valence-electron chi connectivity index (χ1n) is 6.02. The van der Waals surface area contributed by atoms with E-state index >= 15 is 0 Å². The molecule has 1 aromatic rings. The Morgan fingerprint density at radius 2 is 2.31 bits per heavy atom. The SMILES string of the molecule is CCN(CC1CCC1)c1cc(=O)[nH]c(C)n1. The maximum atomic E-state index is 11.4. The normalized spacial score (nSPS) is 15.9. The van der Waals surface area contributed by atoms with Crippen LogP contribution in [0.25, 0.3) is 0 Å². The molecule has 1 heterocycles. The highest BCUT2D eigenvalue weighted by Gasteiger charge is 2.20. The van der Waals surface area contributed by atoms with Crippen LogP contribution in [0.3, 0.4) is 0 Å². The maximum absolute atomic E-state index is 11.4. The number of hydrogen-bond acceptors (Lipinski definition) is 3. The van der Waals surface area contributed by atoms with Crippen LogP contribution in [0.1, 0.15) is 32.0 Å². The molecule has 2 rings (SSSR count). The lowest BCUT2D eigenvalue weighted by molar-refractivity contribution is 0.318. The fourth-order valence-electron chi connectivity index (χ4n) is 2.10. The molecule has 4 nitrogen and oxygen atoms in total. The first kappa shape index (κ1) is 11.2. The predicted molar refractivity (Wildman–Crippen MR) is 64.8 cm³/mol. The first-order valence-corrected chi connectivity index (χ1v) is 6.02. The summed E-state index contributed by atoms with van der Waals surface area (Å²) in [6, 6.07) is 1.59. The van der Waals surface area contributed by atoms with E-state index in [9.17, 15) is 4.79 Å². The van der Waals surface area contributed by atoms with Gasteiger partial charge < -0.3 is 9.88 Å². The van der Waals surface area contributed by atoms with E-state index in [1.165, 1.54) is 19.3 Å². The molecule has 88 valence electrons. The molecule has 4 heteroatoms. The molecule has 0 spiro atoms. The minimum Gasteiger partial charge on any atom is -0.356 e. The summed E-state index contributed by atoms with van der Waals surface area (Å²) in [6.45, 7) is 5.87. The molecule has 0 radical (unpaired) electrons. The Labute approximate surface area is 95.7 Å². The number of aromatic amines is 1. The highest BCUT2D eigenvalue weighted by atomic mass is 16.1. The van der Waals surface area contributed by atoms with Crippen LogP contribution >= 0.6 is 0 Å². The van der Waals surface area contributed by atoms with Gasteiger partial charge in [-0.2, -0.15) is 0 Å².